The molecular formula is C26H26N4O4. The third-order valence-electron chi connectivity index (χ3n) is 6.62. The number of hydrogen-bond acceptors (Lipinski definition) is 6. The summed E-state index contributed by atoms with van der Waals surface area (Å²) in [6.45, 7) is 2.12. The molecule has 4 N–H and O–H groups in total. The second-order valence-corrected chi connectivity index (χ2v) is 9.04. The molecule has 8 nitrogen and oxygen atoms in total. The summed E-state index contributed by atoms with van der Waals surface area (Å²) in [7, 11) is 0. The van der Waals surface area contributed by atoms with Gasteiger partial charge in [0, 0.05) is 30.8 Å². The Hall–Kier alpha value is -3.62. The molecule has 3 aromatic carbocycles. The largest absolute Gasteiger partial charge is 0.369 e. The van der Waals surface area contributed by atoms with E-state index < -0.39 is 23.4 Å². The van der Waals surface area contributed by atoms with E-state index in [0.717, 1.165) is 47.5 Å². The molecule has 5 rings (SSSR count). The Bertz CT molecular complexity index is 1340. The lowest BCUT2D eigenvalue weighted by Crippen LogP contribution is -2.45. The van der Waals surface area contributed by atoms with Crippen molar-refractivity contribution in [1.29, 1.82) is 0 Å². The zero-order chi connectivity index (χ0) is 23.8. The number of ketones is 2. The van der Waals surface area contributed by atoms with Crippen LogP contribution in [0.15, 0.2) is 42.5 Å². The molecule has 2 aliphatic rings. The summed E-state index contributed by atoms with van der Waals surface area (Å²) in [4.78, 5) is 49.0. The first-order chi connectivity index (χ1) is 16.4. The van der Waals surface area contributed by atoms with Crippen LogP contribution in [0.25, 0.3) is 21.5 Å². The Labute approximate surface area is 196 Å². The fourth-order valence-corrected chi connectivity index (χ4v) is 4.87. The third-order valence-corrected chi connectivity index (χ3v) is 6.62. The zero-order valence-corrected chi connectivity index (χ0v) is 18.7. The number of Topliss-reactive ketones (excluding diaryl/α,β-unsaturated/α-hetero) is 2. The molecule has 1 saturated heterocycles. The van der Waals surface area contributed by atoms with Crippen molar-refractivity contribution in [3.05, 3.63) is 53.6 Å². The lowest BCUT2D eigenvalue weighted by Gasteiger charge is -2.26. The van der Waals surface area contributed by atoms with Crippen LogP contribution in [0.1, 0.15) is 35.2 Å². The molecule has 0 aromatic heterocycles. The molecule has 34 heavy (non-hydrogen) atoms. The number of anilines is 1. The van der Waals surface area contributed by atoms with Gasteiger partial charge >= 0.3 is 0 Å². The van der Waals surface area contributed by atoms with Gasteiger partial charge in [-0.1, -0.05) is 12.5 Å². The van der Waals surface area contributed by atoms with Crippen molar-refractivity contribution in [2.45, 2.75) is 25.7 Å². The van der Waals surface area contributed by atoms with E-state index in [2.05, 4.69) is 15.8 Å². The summed E-state index contributed by atoms with van der Waals surface area (Å²) in [6, 6.07) is 13.2. The summed E-state index contributed by atoms with van der Waals surface area (Å²) >= 11 is 0. The van der Waals surface area contributed by atoms with Gasteiger partial charge in [0.05, 0.1) is 6.54 Å². The van der Waals surface area contributed by atoms with Crippen LogP contribution >= 0.6 is 0 Å². The van der Waals surface area contributed by atoms with Gasteiger partial charge in [-0.05, 0) is 76.3 Å². The van der Waals surface area contributed by atoms with Gasteiger partial charge in [-0.3, -0.25) is 19.2 Å². The topological polar surface area (TPSA) is 122 Å². The predicted octanol–water partition coefficient (Wildman–Crippen LogP) is 2.33. The molecule has 0 spiro atoms. The summed E-state index contributed by atoms with van der Waals surface area (Å²) in [5.41, 5.74) is 10.1. The number of benzene rings is 3. The molecule has 0 bridgehead atoms. The number of nitrogens with zero attached hydrogens (tertiary/aromatic N) is 1. The standard InChI is InChI=1S/C26H26N4O4/c27-26(34)24-22(31)13-19-10-16-8-15-4-5-20(11-17(15)9-18(16)12-21(19)25(24)33)29-23(32)14-28-30-6-2-1-3-7-30/h4-5,8-12,24,28H,1-3,6-7,13-14H2,(H2,27,34)(H,29,32). The molecule has 3 aromatic rings. The van der Waals surface area contributed by atoms with E-state index in [-0.39, 0.29) is 18.9 Å². The number of carbonyl (C=O) groups excluding carboxylic acids is 4. The van der Waals surface area contributed by atoms with Crippen LogP contribution < -0.4 is 16.5 Å². The third kappa shape index (κ3) is 4.30. The number of hydrogen-bond donors (Lipinski definition) is 3. The van der Waals surface area contributed by atoms with Crippen LogP contribution in [0.2, 0.25) is 0 Å². The molecule has 174 valence electrons. The Morgan fingerprint density at radius 1 is 0.912 bits per heavy atom. The molecular weight excluding hydrogens is 432 g/mol. The molecule has 0 radical (unpaired) electrons. The van der Waals surface area contributed by atoms with Gasteiger partial charge in [0.15, 0.2) is 17.5 Å². The highest BCUT2D eigenvalue weighted by Crippen LogP contribution is 2.31. The average Bonchev–Trinajstić information content (AvgIpc) is 2.81. The molecule has 1 heterocycles. The van der Waals surface area contributed by atoms with Crippen molar-refractivity contribution in [3.8, 4) is 0 Å². The number of rotatable bonds is 5. The van der Waals surface area contributed by atoms with Gasteiger partial charge in [-0.2, -0.15) is 0 Å². The maximum atomic E-state index is 12.7. The number of fused-ring (bicyclic) bond motifs is 3. The van der Waals surface area contributed by atoms with Crippen LogP contribution in [0.3, 0.4) is 0 Å². The Balaban J connectivity index is 1.39. The number of primary amides is 1. The summed E-state index contributed by atoms with van der Waals surface area (Å²) < 4.78 is 0. The highest BCUT2D eigenvalue weighted by molar-refractivity contribution is 6.27. The van der Waals surface area contributed by atoms with Crippen LogP contribution in [0.4, 0.5) is 5.69 Å². The first-order valence-electron chi connectivity index (χ1n) is 11.5. The lowest BCUT2D eigenvalue weighted by atomic mass is 9.80. The minimum atomic E-state index is -1.41. The van der Waals surface area contributed by atoms with Crippen LogP contribution in [0, 0.1) is 5.92 Å². The van der Waals surface area contributed by atoms with Gasteiger partial charge in [0.1, 0.15) is 0 Å². The first-order valence-corrected chi connectivity index (χ1v) is 11.5. The highest BCUT2D eigenvalue weighted by Gasteiger charge is 2.38. The molecule has 2 amide bonds. The second kappa shape index (κ2) is 8.96. The lowest BCUT2D eigenvalue weighted by molar-refractivity contribution is -0.130. The Kier molecular flexibility index (Phi) is 5.85. The zero-order valence-electron chi connectivity index (χ0n) is 18.7. The quantitative estimate of drug-likeness (QED) is 0.399. The molecule has 0 saturated carbocycles. The maximum absolute atomic E-state index is 12.7. The average molecular weight is 459 g/mol. The smallest absolute Gasteiger partial charge is 0.239 e. The summed E-state index contributed by atoms with van der Waals surface area (Å²) in [5.74, 6) is -3.43. The van der Waals surface area contributed by atoms with E-state index in [1.54, 1.807) is 6.07 Å². The molecule has 1 atom stereocenters. The van der Waals surface area contributed by atoms with E-state index in [4.69, 9.17) is 5.73 Å². The molecule has 1 unspecified atom stereocenters. The number of nitrogens with one attached hydrogen (secondary N) is 2. The summed E-state index contributed by atoms with van der Waals surface area (Å²) in [6.07, 6.45) is 3.53. The van der Waals surface area contributed by atoms with E-state index in [9.17, 15) is 19.2 Å². The van der Waals surface area contributed by atoms with Crippen molar-refractivity contribution in [2.24, 2.45) is 11.7 Å². The van der Waals surface area contributed by atoms with E-state index in [1.807, 2.05) is 36.4 Å². The Morgan fingerprint density at radius 3 is 2.38 bits per heavy atom. The fraction of sp³-hybridized carbons (Fsp3) is 0.308. The fourth-order valence-electron chi connectivity index (χ4n) is 4.87. The number of amides is 2. The molecule has 1 aliphatic heterocycles. The van der Waals surface area contributed by atoms with E-state index >= 15 is 0 Å². The van der Waals surface area contributed by atoms with Crippen LogP contribution in [-0.4, -0.2) is 48.0 Å². The van der Waals surface area contributed by atoms with Crippen molar-refractivity contribution in [1.82, 2.24) is 10.4 Å². The van der Waals surface area contributed by atoms with Gasteiger partial charge in [0.2, 0.25) is 11.8 Å². The van der Waals surface area contributed by atoms with Gasteiger partial charge in [-0.15, -0.1) is 0 Å². The minimum Gasteiger partial charge on any atom is -0.369 e. The van der Waals surface area contributed by atoms with Crippen molar-refractivity contribution in [2.75, 3.05) is 25.0 Å². The van der Waals surface area contributed by atoms with Gasteiger partial charge < -0.3 is 11.1 Å². The normalized spacial score (nSPS) is 18.8. The minimum absolute atomic E-state index is 0.0130. The van der Waals surface area contributed by atoms with Crippen LogP contribution in [0.5, 0.6) is 0 Å². The van der Waals surface area contributed by atoms with E-state index in [0.29, 0.717) is 16.8 Å². The SMILES string of the molecule is NC(=O)C1C(=O)Cc2cc3cc4ccc(NC(=O)CNN5CCCCC5)cc4cc3cc2C1=O. The second-order valence-electron chi connectivity index (χ2n) is 9.04. The predicted molar refractivity (Wildman–Crippen MR) is 129 cm³/mol. The first kappa shape index (κ1) is 22.2. The van der Waals surface area contributed by atoms with Crippen molar-refractivity contribution < 1.29 is 19.2 Å². The number of hydrazine groups is 1. The molecule has 1 aliphatic carbocycles. The van der Waals surface area contributed by atoms with Crippen molar-refractivity contribution >= 4 is 50.6 Å². The van der Waals surface area contributed by atoms with Crippen molar-refractivity contribution in [3.63, 3.8) is 0 Å². The number of piperidine rings is 1. The van der Waals surface area contributed by atoms with Gasteiger partial charge in [-0.25, -0.2) is 10.4 Å². The van der Waals surface area contributed by atoms with Crippen LogP contribution in [-0.2, 0) is 20.8 Å². The molecule has 1 fully saturated rings. The molecule has 8 heteroatoms. The monoisotopic (exact) mass is 458 g/mol. The number of nitrogens with two attached hydrogens (primary N) is 1. The summed E-state index contributed by atoms with van der Waals surface area (Å²) in [5, 5.41) is 8.60. The highest BCUT2D eigenvalue weighted by atomic mass is 16.2. The van der Waals surface area contributed by atoms with Gasteiger partial charge in [0.25, 0.3) is 0 Å². The number of carbonyl (C=O) groups is 4. The van der Waals surface area contributed by atoms with E-state index in [1.165, 1.54) is 6.42 Å². The maximum Gasteiger partial charge on any atom is 0.239 e. The Morgan fingerprint density at radius 2 is 1.62 bits per heavy atom.